The number of carbonyl (C=O) groups is 2. The molecule has 1 aliphatic heterocycles. The lowest BCUT2D eigenvalue weighted by Gasteiger charge is -2.37. The number of H-pyrrole nitrogens is 1. The Kier molecular flexibility index (Phi) is 6.53. The molecule has 1 fully saturated rings. The van der Waals surface area contributed by atoms with E-state index in [0.717, 1.165) is 41.7 Å². The van der Waals surface area contributed by atoms with E-state index in [2.05, 4.69) is 26.3 Å². The van der Waals surface area contributed by atoms with Gasteiger partial charge in [-0.3, -0.25) is 24.4 Å². The molecule has 3 N–H and O–H groups in total. The Hall–Kier alpha value is -3.23. The van der Waals surface area contributed by atoms with E-state index in [1.165, 1.54) is 0 Å². The van der Waals surface area contributed by atoms with Crippen LogP contribution in [0.2, 0.25) is 0 Å². The van der Waals surface area contributed by atoms with Gasteiger partial charge in [0.05, 0.1) is 0 Å². The maximum Gasteiger partial charge on any atom is 0.325 e. The summed E-state index contributed by atoms with van der Waals surface area (Å²) in [6, 6.07) is 8.83. The van der Waals surface area contributed by atoms with E-state index in [0.29, 0.717) is 18.8 Å². The molecule has 1 atom stereocenters. The first-order valence-electron chi connectivity index (χ1n) is 10.9. The van der Waals surface area contributed by atoms with Crippen molar-refractivity contribution in [3.05, 3.63) is 60.0 Å². The van der Waals surface area contributed by atoms with Crippen molar-refractivity contribution in [2.24, 2.45) is 5.92 Å². The summed E-state index contributed by atoms with van der Waals surface area (Å²) in [5.74, 6) is -1.02. The number of nitrogens with one attached hydrogen (secondary N) is 2. The molecule has 0 bridgehead atoms. The molecule has 1 saturated heterocycles. The van der Waals surface area contributed by atoms with Crippen LogP contribution in [0.25, 0.3) is 10.9 Å². The molecule has 1 amide bonds. The van der Waals surface area contributed by atoms with Crippen molar-refractivity contribution in [1.82, 2.24) is 19.8 Å². The number of amides is 1. The zero-order valence-corrected chi connectivity index (χ0v) is 18.4. The smallest absolute Gasteiger partial charge is 0.325 e. The fourth-order valence-electron chi connectivity index (χ4n) is 4.15. The molecule has 8 nitrogen and oxygen atoms in total. The summed E-state index contributed by atoms with van der Waals surface area (Å²) < 4.78 is 0. The summed E-state index contributed by atoms with van der Waals surface area (Å²) in [5.41, 5.74) is 3.41. The highest BCUT2D eigenvalue weighted by Crippen LogP contribution is 2.31. The molecule has 2 aromatic heterocycles. The molecule has 4 rings (SSSR count). The Morgan fingerprint density at radius 2 is 1.97 bits per heavy atom. The molecule has 3 aromatic rings. The number of aromatic nitrogens is 2. The average Bonchev–Trinajstić information content (AvgIpc) is 3.18. The van der Waals surface area contributed by atoms with Gasteiger partial charge in [0.25, 0.3) is 0 Å². The molecule has 8 heteroatoms. The SMILES string of the molecule is CC(C)C(=O)Nc1ccc2c([C@@H](C(=O)O)N3CCN(Cc4cccnc4)CC3)c[nH]c2c1. The van der Waals surface area contributed by atoms with E-state index < -0.39 is 12.0 Å². The van der Waals surface area contributed by atoms with Gasteiger partial charge in [-0.05, 0) is 23.8 Å². The molecule has 0 saturated carbocycles. The predicted molar refractivity (Wildman–Crippen MR) is 123 cm³/mol. The Bertz CT molecular complexity index is 1090. The number of nitrogens with zero attached hydrogens (tertiary/aromatic N) is 3. The Morgan fingerprint density at radius 3 is 2.62 bits per heavy atom. The van der Waals surface area contributed by atoms with E-state index in [1.807, 2.05) is 49.2 Å². The summed E-state index contributed by atoms with van der Waals surface area (Å²) in [4.78, 5) is 36.0. The number of rotatable bonds is 7. The standard InChI is InChI=1S/C24H29N5O3/c1-16(2)23(30)27-18-5-6-19-20(14-26-21(19)12-18)22(24(31)32)29-10-8-28(9-11-29)15-17-4-3-7-25-13-17/h3-7,12-14,16,22,26H,8-11,15H2,1-2H3,(H,27,30)(H,31,32)/t22-/m0/s1. The number of benzene rings is 1. The molecule has 1 aliphatic rings. The molecule has 0 aliphatic carbocycles. The zero-order chi connectivity index (χ0) is 22.7. The first-order valence-corrected chi connectivity index (χ1v) is 10.9. The van der Waals surface area contributed by atoms with Crippen molar-refractivity contribution in [3.63, 3.8) is 0 Å². The van der Waals surface area contributed by atoms with Crippen LogP contribution in [0.5, 0.6) is 0 Å². The number of hydrogen-bond acceptors (Lipinski definition) is 5. The van der Waals surface area contributed by atoms with Gasteiger partial charge in [-0.15, -0.1) is 0 Å². The van der Waals surface area contributed by atoms with Crippen LogP contribution in [-0.4, -0.2) is 62.9 Å². The third-order valence-corrected chi connectivity index (χ3v) is 5.94. The highest BCUT2D eigenvalue weighted by Gasteiger charge is 2.32. The number of anilines is 1. The van der Waals surface area contributed by atoms with Crippen LogP contribution in [0, 0.1) is 5.92 Å². The molecule has 168 valence electrons. The maximum atomic E-state index is 12.3. The number of carboxylic acids is 1. The number of hydrogen-bond donors (Lipinski definition) is 3. The monoisotopic (exact) mass is 435 g/mol. The summed E-state index contributed by atoms with van der Waals surface area (Å²) in [6.07, 6.45) is 5.41. The van der Waals surface area contributed by atoms with Gasteiger partial charge in [0.1, 0.15) is 6.04 Å². The molecule has 3 heterocycles. The van der Waals surface area contributed by atoms with Gasteiger partial charge in [-0.1, -0.05) is 26.0 Å². The third kappa shape index (κ3) is 4.81. The van der Waals surface area contributed by atoms with Crippen molar-refractivity contribution < 1.29 is 14.7 Å². The topological polar surface area (TPSA) is 102 Å². The fraction of sp³-hybridized carbons (Fsp3) is 0.375. The minimum atomic E-state index is -0.858. The van der Waals surface area contributed by atoms with E-state index in [4.69, 9.17) is 0 Å². The lowest BCUT2D eigenvalue weighted by atomic mass is 10.0. The third-order valence-electron chi connectivity index (χ3n) is 5.94. The van der Waals surface area contributed by atoms with Crippen LogP contribution in [0.3, 0.4) is 0 Å². The van der Waals surface area contributed by atoms with E-state index >= 15 is 0 Å². The number of carboxylic acid groups (broad SMARTS) is 1. The molecule has 0 radical (unpaired) electrons. The molecule has 1 aromatic carbocycles. The van der Waals surface area contributed by atoms with Crippen molar-refractivity contribution in [1.29, 1.82) is 0 Å². The van der Waals surface area contributed by atoms with Crippen LogP contribution >= 0.6 is 0 Å². The molecular weight excluding hydrogens is 406 g/mol. The minimum Gasteiger partial charge on any atom is -0.480 e. The Balaban J connectivity index is 1.48. The second-order valence-corrected chi connectivity index (χ2v) is 8.56. The van der Waals surface area contributed by atoms with Gasteiger partial charge in [-0.25, -0.2) is 0 Å². The lowest BCUT2D eigenvalue weighted by Crippen LogP contribution is -2.48. The van der Waals surface area contributed by atoms with Gasteiger partial charge in [0.15, 0.2) is 0 Å². The van der Waals surface area contributed by atoms with Crippen molar-refractivity contribution in [2.75, 3.05) is 31.5 Å². The van der Waals surface area contributed by atoms with Crippen molar-refractivity contribution >= 4 is 28.5 Å². The normalized spacial score (nSPS) is 16.3. The van der Waals surface area contributed by atoms with Crippen LogP contribution in [-0.2, 0) is 16.1 Å². The highest BCUT2D eigenvalue weighted by atomic mass is 16.4. The van der Waals surface area contributed by atoms with Crippen LogP contribution in [0.4, 0.5) is 5.69 Å². The van der Waals surface area contributed by atoms with Gasteiger partial charge in [0, 0.05) is 79.4 Å². The maximum absolute atomic E-state index is 12.3. The second-order valence-electron chi connectivity index (χ2n) is 8.56. The minimum absolute atomic E-state index is 0.0521. The molecule has 32 heavy (non-hydrogen) atoms. The van der Waals surface area contributed by atoms with E-state index in [9.17, 15) is 14.7 Å². The second kappa shape index (κ2) is 9.50. The number of pyridine rings is 1. The number of aromatic amines is 1. The van der Waals surface area contributed by atoms with E-state index in [1.54, 1.807) is 12.4 Å². The van der Waals surface area contributed by atoms with Crippen LogP contribution < -0.4 is 5.32 Å². The first-order chi connectivity index (χ1) is 15.4. The number of aliphatic carboxylic acids is 1. The lowest BCUT2D eigenvalue weighted by molar-refractivity contribution is -0.144. The van der Waals surface area contributed by atoms with Gasteiger partial charge < -0.3 is 15.4 Å². The average molecular weight is 436 g/mol. The predicted octanol–water partition coefficient (Wildman–Crippen LogP) is 3.10. The molecule has 0 unspecified atom stereocenters. The summed E-state index contributed by atoms with van der Waals surface area (Å²) in [6.45, 7) is 7.44. The van der Waals surface area contributed by atoms with E-state index in [-0.39, 0.29) is 11.8 Å². The van der Waals surface area contributed by atoms with Gasteiger partial charge >= 0.3 is 5.97 Å². The summed E-state index contributed by atoms with van der Waals surface area (Å²) >= 11 is 0. The number of piperazine rings is 1. The summed E-state index contributed by atoms with van der Waals surface area (Å²) in [5, 5.41) is 13.8. The fourth-order valence-corrected chi connectivity index (χ4v) is 4.15. The van der Waals surface area contributed by atoms with Crippen LogP contribution in [0.1, 0.15) is 31.0 Å². The quantitative estimate of drug-likeness (QED) is 0.527. The number of fused-ring (bicyclic) bond motifs is 1. The van der Waals surface area contributed by atoms with Gasteiger partial charge in [-0.2, -0.15) is 0 Å². The largest absolute Gasteiger partial charge is 0.480 e. The Morgan fingerprint density at radius 1 is 1.19 bits per heavy atom. The number of carbonyl (C=O) groups excluding carboxylic acids is 1. The summed E-state index contributed by atoms with van der Waals surface area (Å²) in [7, 11) is 0. The van der Waals surface area contributed by atoms with Crippen molar-refractivity contribution in [3.8, 4) is 0 Å². The van der Waals surface area contributed by atoms with Crippen LogP contribution in [0.15, 0.2) is 48.9 Å². The highest BCUT2D eigenvalue weighted by molar-refractivity contribution is 5.96. The first kappa shape index (κ1) is 22.0. The molecule has 0 spiro atoms. The molecular formula is C24H29N5O3. The van der Waals surface area contributed by atoms with Gasteiger partial charge in [0.2, 0.25) is 5.91 Å². The van der Waals surface area contributed by atoms with Crippen molar-refractivity contribution in [2.45, 2.75) is 26.4 Å². The zero-order valence-electron chi connectivity index (χ0n) is 18.4. The Labute approximate surface area is 187 Å².